The van der Waals surface area contributed by atoms with E-state index in [1.54, 1.807) is 0 Å². The van der Waals surface area contributed by atoms with Crippen molar-refractivity contribution in [1.82, 2.24) is 0 Å². The SMILES string of the molecule is O=C1Nc2cc(C(F)(F)F)ccc2[C@]1(O)c1cc(Cl)ccc1O. The molecule has 2 aromatic carbocycles. The van der Waals surface area contributed by atoms with Gasteiger partial charge in [-0.25, -0.2) is 0 Å². The molecule has 0 spiro atoms. The average molecular weight is 344 g/mol. The molecule has 1 atom stereocenters. The van der Waals surface area contributed by atoms with Crippen molar-refractivity contribution in [3.8, 4) is 5.75 Å². The standard InChI is InChI=1S/C15H9ClF3NO3/c16-8-2-4-12(21)10(6-8)14(23)9-3-1-7(15(17,18)19)5-11(9)20-13(14)22/h1-6,21,23H,(H,20,22)/t14-/m0/s1. The molecule has 23 heavy (non-hydrogen) atoms. The van der Waals surface area contributed by atoms with Gasteiger partial charge in [-0.3, -0.25) is 4.79 Å². The Bertz CT molecular complexity index is 822. The van der Waals surface area contributed by atoms with E-state index in [0.29, 0.717) is 0 Å². The van der Waals surface area contributed by atoms with E-state index in [1.807, 2.05) is 0 Å². The summed E-state index contributed by atoms with van der Waals surface area (Å²) in [6.45, 7) is 0. The molecule has 0 fully saturated rings. The van der Waals surface area contributed by atoms with Gasteiger partial charge in [0.2, 0.25) is 0 Å². The molecule has 0 aliphatic carbocycles. The molecule has 4 nitrogen and oxygen atoms in total. The number of halogens is 4. The molecule has 0 unspecified atom stereocenters. The van der Waals surface area contributed by atoms with Crippen LogP contribution in [-0.4, -0.2) is 16.1 Å². The molecule has 3 rings (SSSR count). The second-order valence-electron chi connectivity index (χ2n) is 5.08. The number of fused-ring (bicyclic) bond motifs is 1. The predicted octanol–water partition coefficient (Wildman–Crippen LogP) is 3.25. The maximum atomic E-state index is 12.8. The smallest absolute Gasteiger partial charge is 0.416 e. The molecule has 0 aromatic heterocycles. The highest BCUT2D eigenvalue weighted by Crippen LogP contribution is 2.46. The van der Waals surface area contributed by atoms with E-state index in [-0.39, 0.29) is 21.8 Å². The summed E-state index contributed by atoms with van der Waals surface area (Å²) in [6.07, 6.45) is -4.58. The lowest BCUT2D eigenvalue weighted by Gasteiger charge is -2.22. The van der Waals surface area contributed by atoms with E-state index in [2.05, 4.69) is 5.32 Å². The molecule has 1 amide bonds. The Morgan fingerprint density at radius 2 is 1.78 bits per heavy atom. The van der Waals surface area contributed by atoms with Gasteiger partial charge >= 0.3 is 6.18 Å². The second kappa shape index (κ2) is 4.87. The largest absolute Gasteiger partial charge is 0.508 e. The molecule has 0 bridgehead atoms. The summed E-state index contributed by atoms with van der Waals surface area (Å²) in [5, 5.41) is 23.0. The van der Waals surface area contributed by atoms with Gasteiger partial charge in [0.25, 0.3) is 5.91 Å². The van der Waals surface area contributed by atoms with Crippen LogP contribution in [0.4, 0.5) is 18.9 Å². The number of carbonyl (C=O) groups is 1. The van der Waals surface area contributed by atoms with Gasteiger partial charge in [0.05, 0.1) is 5.56 Å². The fourth-order valence-corrected chi connectivity index (χ4v) is 2.71. The number of nitrogens with one attached hydrogen (secondary N) is 1. The molecular formula is C15H9ClF3NO3. The van der Waals surface area contributed by atoms with E-state index in [9.17, 15) is 28.2 Å². The van der Waals surface area contributed by atoms with Crippen molar-refractivity contribution < 1.29 is 28.2 Å². The van der Waals surface area contributed by atoms with Gasteiger partial charge in [-0.1, -0.05) is 17.7 Å². The second-order valence-corrected chi connectivity index (χ2v) is 5.52. The summed E-state index contributed by atoms with van der Waals surface area (Å²) in [7, 11) is 0. The van der Waals surface area contributed by atoms with Gasteiger partial charge in [0.1, 0.15) is 5.75 Å². The summed E-state index contributed by atoms with van der Waals surface area (Å²) < 4.78 is 38.3. The minimum Gasteiger partial charge on any atom is -0.508 e. The third-order valence-electron chi connectivity index (χ3n) is 3.66. The minimum atomic E-state index is -4.58. The normalized spacial score (nSPS) is 20.3. The zero-order chi connectivity index (χ0) is 17.0. The summed E-state index contributed by atoms with van der Waals surface area (Å²) in [6, 6.07) is 6.20. The first-order chi connectivity index (χ1) is 10.6. The van der Waals surface area contributed by atoms with E-state index in [0.717, 1.165) is 18.2 Å². The van der Waals surface area contributed by atoms with Crippen LogP contribution in [-0.2, 0) is 16.6 Å². The zero-order valence-electron chi connectivity index (χ0n) is 11.3. The molecule has 0 radical (unpaired) electrons. The lowest BCUT2D eigenvalue weighted by atomic mass is 9.86. The Labute approximate surface area is 133 Å². The Balaban J connectivity index is 2.20. The maximum Gasteiger partial charge on any atom is 0.416 e. The lowest BCUT2D eigenvalue weighted by molar-refractivity contribution is -0.137. The number of anilines is 1. The highest BCUT2D eigenvalue weighted by atomic mass is 35.5. The van der Waals surface area contributed by atoms with Crippen molar-refractivity contribution in [1.29, 1.82) is 0 Å². The van der Waals surface area contributed by atoms with Gasteiger partial charge in [0, 0.05) is 21.8 Å². The Morgan fingerprint density at radius 1 is 1.09 bits per heavy atom. The summed E-state index contributed by atoms with van der Waals surface area (Å²) in [4.78, 5) is 12.2. The van der Waals surface area contributed by atoms with Crippen molar-refractivity contribution in [3.63, 3.8) is 0 Å². The highest BCUT2D eigenvalue weighted by molar-refractivity contribution is 6.30. The van der Waals surface area contributed by atoms with Crippen LogP contribution < -0.4 is 5.32 Å². The first kappa shape index (κ1) is 15.6. The molecular weight excluding hydrogens is 335 g/mol. The van der Waals surface area contributed by atoms with Crippen LogP contribution in [0.2, 0.25) is 5.02 Å². The Morgan fingerprint density at radius 3 is 2.43 bits per heavy atom. The van der Waals surface area contributed by atoms with Gasteiger partial charge in [-0.05, 0) is 30.3 Å². The number of carbonyl (C=O) groups excluding carboxylic acids is 1. The average Bonchev–Trinajstić information content (AvgIpc) is 2.72. The number of hydrogen-bond donors (Lipinski definition) is 3. The number of aromatic hydroxyl groups is 1. The molecule has 120 valence electrons. The van der Waals surface area contributed by atoms with Crippen molar-refractivity contribution in [2.75, 3.05) is 5.32 Å². The number of rotatable bonds is 1. The third kappa shape index (κ3) is 2.32. The lowest BCUT2D eigenvalue weighted by Crippen LogP contribution is -2.35. The van der Waals surface area contributed by atoms with Crippen LogP contribution in [0.25, 0.3) is 0 Å². The topological polar surface area (TPSA) is 69.6 Å². The van der Waals surface area contributed by atoms with E-state index in [1.165, 1.54) is 18.2 Å². The predicted molar refractivity (Wildman–Crippen MR) is 76.2 cm³/mol. The number of aliphatic hydroxyl groups is 1. The Hall–Kier alpha value is -2.25. The number of hydrogen-bond acceptors (Lipinski definition) is 3. The van der Waals surface area contributed by atoms with Crippen molar-refractivity contribution in [3.05, 3.63) is 58.1 Å². The number of phenols is 1. The van der Waals surface area contributed by atoms with E-state index in [4.69, 9.17) is 11.6 Å². The number of phenolic OH excluding ortho intramolecular Hbond substituents is 1. The number of benzene rings is 2. The summed E-state index contributed by atoms with van der Waals surface area (Å²) >= 11 is 5.81. The highest BCUT2D eigenvalue weighted by Gasteiger charge is 2.49. The first-order valence-corrected chi connectivity index (χ1v) is 6.76. The molecule has 0 saturated carbocycles. The number of amides is 1. The monoisotopic (exact) mass is 343 g/mol. The third-order valence-corrected chi connectivity index (χ3v) is 3.90. The summed E-state index contributed by atoms with van der Waals surface area (Å²) in [5.74, 6) is -1.37. The van der Waals surface area contributed by atoms with Crippen molar-refractivity contribution >= 4 is 23.2 Å². The molecule has 0 saturated heterocycles. The summed E-state index contributed by atoms with van der Waals surface area (Å²) in [5.41, 5.74) is -3.76. The minimum absolute atomic E-state index is 0.0898. The molecule has 1 aliphatic rings. The van der Waals surface area contributed by atoms with Gasteiger partial charge in [0.15, 0.2) is 5.60 Å². The molecule has 1 heterocycles. The molecule has 2 aromatic rings. The first-order valence-electron chi connectivity index (χ1n) is 6.38. The quantitative estimate of drug-likeness (QED) is 0.744. The van der Waals surface area contributed by atoms with Gasteiger partial charge in [-0.2, -0.15) is 13.2 Å². The maximum absolute atomic E-state index is 12.8. The van der Waals surface area contributed by atoms with E-state index >= 15 is 0 Å². The molecule has 3 N–H and O–H groups in total. The molecule has 8 heteroatoms. The van der Waals surface area contributed by atoms with Crippen LogP contribution in [0.3, 0.4) is 0 Å². The zero-order valence-corrected chi connectivity index (χ0v) is 12.0. The fourth-order valence-electron chi connectivity index (χ4n) is 2.54. The van der Waals surface area contributed by atoms with Gasteiger partial charge < -0.3 is 15.5 Å². The van der Waals surface area contributed by atoms with E-state index < -0.39 is 29.0 Å². The van der Waals surface area contributed by atoms with Crippen molar-refractivity contribution in [2.45, 2.75) is 11.8 Å². The molecule has 1 aliphatic heterocycles. The Kier molecular flexibility index (Phi) is 3.31. The van der Waals surface area contributed by atoms with Crippen LogP contribution in [0.15, 0.2) is 36.4 Å². The van der Waals surface area contributed by atoms with Crippen LogP contribution >= 0.6 is 11.6 Å². The van der Waals surface area contributed by atoms with Crippen LogP contribution in [0.1, 0.15) is 16.7 Å². The van der Waals surface area contributed by atoms with Crippen LogP contribution in [0, 0.1) is 0 Å². The van der Waals surface area contributed by atoms with Gasteiger partial charge in [-0.15, -0.1) is 0 Å². The van der Waals surface area contributed by atoms with Crippen LogP contribution in [0.5, 0.6) is 5.75 Å². The van der Waals surface area contributed by atoms with Crippen molar-refractivity contribution in [2.24, 2.45) is 0 Å². The fraction of sp³-hybridized carbons (Fsp3) is 0.133. The number of alkyl halides is 3.